The molecule has 4 rings (SSSR count). The first-order valence-electron chi connectivity index (χ1n) is 12.4. The lowest BCUT2D eigenvalue weighted by atomic mass is 9.47. The summed E-state index contributed by atoms with van der Waals surface area (Å²) in [6.07, 6.45) is 13.1. The van der Waals surface area contributed by atoms with Crippen LogP contribution in [0.2, 0.25) is 0 Å². The zero-order chi connectivity index (χ0) is 21.0. The van der Waals surface area contributed by atoms with E-state index in [0.29, 0.717) is 27.9 Å². The molecule has 0 unspecified atom stereocenters. The van der Waals surface area contributed by atoms with Crippen molar-refractivity contribution in [3.8, 4) is 0 Å². The first-order valence-corrected chi connectivity index (χ1v) is 13.8. The van der Waals surface area contributed by atoms with Crippen molar-refractivity contribution in [3.63, 3.8) is 0 Å². The van der Waals surface area contributed by atoms with Crippen molar-refractivity contribution < 1.29 is 9.32 Å². The van der Waals surface area contributed by atoms with E-state index in [0.717, 1.165) is 42.8 Å². The molecule has 29 heavy (non-hydrogen) atoms. The second kappa shape index (κ2) is 8.08. The molecule has 166 valence electrons. The number of hydrogen-bond acceptors (Lipinski definition) is 2. The summed E-state index contributed by atoms with van der Waals surface area (Å²) in [4.78, 5) is 0. The standard InChI is InChI=1S/C26H44O2S/c1-17(2)12-15-29(28)18(3)22-8-9-23-21-7-6-19-16-20(27)10-13-25(19,4)24(21)11-14-26(22,23)5/h6,17-18,20-24,27H,7-16H2,1-5H3/t18-,20-,21-,22+,23-,24-,25-,26+,29+/m0/s1. The summed E-state index contributed by atoms with van der Waals surface area (Å²) in [6.45, 7) is 11.9. The predicted octanol–water partition coefficient (Wildman–Crippen LogP) is 6.11. The van der Waals surface area contributed by atoms with Crippen LogP contribution in [0.15, 0.2) is 11.6 Å². The van der Waals surface area contributed by atoms with Gasteiger partial charge in [0.05, 0.1) is 6.10 Å². The second-order valence-corrected chi connectivity index (χ2v) is 13.8. The monoisotopic (exact) mass is 420 g/mol. The molecule has 2 nitrogen and oxygen atoms in total. The van der Waals surface area contributed by atoms with Crippen LogP contribution in [0, 0.1) is 40.4 Å². The topological polar surface area (TPSA) is 37.3 Å². The number of fused-ring (bicyclic) bond motifs is 5. The molecule has 9 atom stereocenters. The van der Waals surface area contributed by atoms with Gasteiger partial charge >= 0.3 is 0 Å². The third-order valence-corrected chi connectivity index (χ3v) is 11.8. The minimum absolute atomic E-state index is 0.114. The molecule has 3 heteroatoms. The third kappa shape index (κ3) is 3.71. The zero-order valence-corrected chi connectivity index (χ0v) is 20.3. The van der Waals surface area contributed by atoms with Gasteiger partial charge in [-0.3, -0.25) is 4.21 Å². The number of aliphatic hydroxyl groups is 1. The Hall–Kier alpha value is -0.150. The van der Waals surface area contributed by atoms with Gasteiger partial charge in [-0.05, 0) is 98.2 Å². The van der Waals surface area contributed by atoms with E-state index in [1.807, 2.05) is 0 Å². The third-order valence-electron chi connectivity index (χ3n) is 10.0. The van der Waals surface area contributed by atoms with E-state index >= 15 is 0 Å². The van der Waals surface area contributed by atoms with Gasteiger partial charge in [-0.2, -0.15) is 0 Å². The fourth-order valence-corrected chi connectivity index (χ4v) is 10.1. The Morgan fingerprint density at radius 3 is 2.59 bits per heavy atom. The summed E-state index contributed by atoms with van der Waals surface area (Å²) in [6, 6.07) is 0. The van der Waals surface area contributed by atoms with E-state index in [1.54, 1.807) is 5.57 Å². The van der Waals surface area contributed by atoms with Gasteiger partial charge in [-0.1, -0.05) is 46.3 Å². The average Bonchev–Trinajstić information content (AvgIpc) is 3.03. The van der Waals surface area contributed by atoms with Crippen molar-refractivity contribution in [1.82, 2.24) is 0 Å². The van der Waals surface area contributed by atoms with Gasteiger partial charge in [0.15, 0.2) is 0 Å². The van der Waals surface area contributed by atoms with Crippen LogP contribution in [0.5, 0.6) is 0 Å². The fourth-order valence-electron chi connectivity index (χ4n) is 8.17. The first kappa shape index (κ1) is 22.1. The van der Waals surface area contributed by atoms with E-state index in [4.69, 9.17) is 0 Å². The Kier molecular flexibility index (Phi) is 6.15. The van der Waals surface area contributed by atoms with Gasteiger partial charge in [0, 0.05) is 21.8 Å². The van der Waals surface area contributed by atoms with Crippen molar-refractivity contribution in [2.24, 2.45) is 40.4 Å². The maximum absolute atomic E-state index is 13.1. The highest BCUT2D eigenvalue weighted by Crippen LogP contribution is 2.66. The molecule has 0 saturated heterocycles. The molecule has 4 aliphatic carbocycles. The molecule has 3 fully saturated rings. The molecule has 0 aromatic carbocycles. The van der Waals surface area contributed by atoms with Crippen LogP contribution in [-0.2, 0) is 10.8 Å². The molecule has 0 heterocycles. The van der Waals surface area contributed by atoms with Crippen molar-refractivity contribution in [1.29, 1.82) is 0 Å². The molecule has 0 aromatic rings. The molecule has 0 aliphatic heterocycles. The molecule has 0 radical (unpaired) electrons. The van der Waals surface area contributed by atoms with Crippen LogP contribution >= 0.6 is 0 Å². The fraction of sp³-hybridized carbons (Fsp3) is 0.923. The van der Waals surface area contributed by atoms with Gasteiger partial charge in [-0.15, -0.1) is 0 Å². The molecule has 4 aliphatic rings. The lowest BCUT2D eigenvalue weighted by Gasteiger charge is -2.58. The van der Waals surface area contributed by atoms with Crippen molar-refractivity contribution in [2.75, 3.05) is 5.75 Å². The zero-order valence-electron chi connectivity index (χ0n) is 19.5. The van der Waals surface area contributed by atoms with Crippen molar-refractivity contribution >= 4 is 10.8 Å². The minimum atomic E-state index is -0.685. The lowest BCUT2D eigenvalue weighted by Crippen LogP contribution is -2.51. The highest BCUT2D eigenvalue weighted by molar-refractivity contribution is 7.85. The molecule has 0 bridgehead atoms. The van der Waals surface area contributed by atoms with E-state index in [2.05, 4.69) is 40.7 Å². The Balaban J connectivity index is 1.52. The van der Waals surface area contributed by atoms with Crippen LogP contribution in [-0.4, -0.2) is 26.4 Å². The Morgan fingerprint density at radius 1 is 1.10 bits per heavy atom. The number of rotatable bonds is 5. The maximum Gasteiger partial charge on any atom is 0.0577 e. The Bertz CT molecular complexity index is 670. The summed E-state index contributed by atoms with van der Waals surface area (Å²) < 4.78 is 13.1. The Morgan fingerprint density at radius 2 is 1.86 bits per heavy atom. The van der Waals surface area contributed by atoms with E-state index in [9.17, 15) is 9.32 Å². The molecule has 0 spiro atoms. The summed E-state index contributed by atoms with van der Waals surface area (Å²) in [5.74, 6) is 4.57. The van der Waals surface area contributed by atoms with Gasteiger partial charge in [0.1, 0.15) is 0 Å². The van der Waals surface area contributed by atoms with E-state index in [-0.39, 0.29) is 6.10 Å². The summed E-state index contributed by atoms with van der Waals surface area (Å²) >= 11 is 0. The van der Waals surface area contributed by atoms with Crippen LogP contribution < -0.4 is 0 Å². The summed E-state index contributed by atoms with van der Waals surface area (Å²) in [5.41, 5.74) is 2.27. The van der Waals surface area contributed by atoms with Crippen molar-refractivity contribution in [2.45, 2.75) is 104 Å². The second-order valence-electron chi connectivity index (χ2n) is 11.9. The molecule has 0 amide bonds. The normalized spacial score (nSPS) is 46.4. The van der Waals surface area contributed by atoms with Crippen LogP contribution in [0.4, 0.5) is 0 Å². The quantitative estimate of drug-likeness (QED) is 0.545. The van der Waals surface area contributed by atoms with Gasteiger partial charge < -0.3 is 5.11 Å². The van der Waals surface area contributed by atoms with Gasteiger partial charge in [0.2, 0.25) is 0 Å². The van der Waals surface area contributed by atoms with Crippen molar-refractivity contribution in [3.05, 3.63) is 11.6 Å². The first-order chi connectivity index (χ1) is 13.7. The average molecular weight is 421 g/mol. The van der Waals surface area contributed by atoms with Gasteiger partial charge in [0.25, 0.3) is 0 Å². The van der Waals surface area contributed by atoms with Crippen LogP contribution in [0.25, 0.3) is 0 Å². The largest absolute Gasteiger partial charge is 0.393 e. The summed E-state index contributed by atoms with van der Waals surface area (Å²) in [5, 5.41) is 10.5. The SMILES string of the molecule is CC(C)CC[S@@](=O)[C@@H](C)[C@H]1CC[C@H]2[C@@H]3CC=C4C[C@@H](O)CC[C@]4(C)[C@H]3CC[C@]12C. The molecular formula is C26H44O2S. The summed E-state index contributed by atoms with van der Waals surface area (Å²) in [7, 11) is -0.685. The van der Waals surface area contributed by atoms with E-state index in [1.165, 1.54) is 38.5 Å². The lowest BCUT2D eigenvalue weighted by molar-refractivity contribution is -0.0494. The molecule has 3 saturated carbocycles. The number of aliphatic hydroxyl groups excluding tert-OH is 1. The highest BCUT2D eigenvalue weighted by Gasteiger charge is 2.59. The smallest absolute Gasteiger partial charge is 0.0577 e. The Labute approximate surface area is 181 Å². The predicted molar refractivity (Wildman–Crippen MR) is 123 cm³/mol. The van der Waals surface area contributed by atoms with Crippen LogP contribution in [0.3, 0.4) is 0 Å². The minimum Gasteiger partial charge on any atom is -0.393 e. The number of allylic oxidation sites excluding steroid dienone is 1. The van der Waals surface area contributed by atoms with Gasteiger partial charge in [-0.25, -0.2) is 0 Å². The maximum atomic E-state index is 13.1. The molecular weight excluding hydrogens is 376 g/mol. The number of hydrogen-bond donors (Lipinski definition) is 1. The molecule has 0 aromatic heterocycles. The highest BCUT2D eigenvalue weighted by atomic mass is 32.2. The molecule has 1 N–H and O–H groups in total. The van der Waals surface area contributed by atoms with Crippen LogP contribution in [0.1, 0.15) is 92.4 Å². The van der Waals surface area contributed by atoms with E-state index < -0.39 is 10.8 Å².